The number of fused-ring (bicyclic) bond motifs is 3. The van der Waals surface area contributed by atoms with E-state index in [4.69, 9.17) is 0 Å². The number of hydrogen-bond acceptors (Lipinski definition) is 9. The molecule has 0 saturated carbocycles. The molecule has 3 aromatic heterocycles. The van der Waals surface area contributed by atoms with Gasteiger partial charge in [0.1, 0.15) is 22.8 Å². The van der Waals surface area contributed by atoms with Crippen molar-refractivity contribution in [3.8, 4) is 0 Å². The van der Waals surface area contributed by atoms with Crippen LogP contribution in [-0.2, 0) is 25.6 Å². The Kier molecular flexibility index (Phi) is 12.0. The summed E-state index contributed by atoms with van der Waals surface area (Å²) in [6, 6.07) is 4.98. The van der Waals surface area contributed by atoms with Crippen molar-refractivity contribution in [2.24, 2.45) is 5.92 Å². The first kappa shape index (κ1) is 37.7. The Hall–Kier alpha value is -5.58. The molecule has 16 nitrogen and oxygen atoms in total. The molecule has 1 aromatic carbocycles. The van der Waals surface area contributed by atoms with Gasteiger partial charge < -0.3 is 35.6 Å². The van der Waals surface area contributed by atoms with Gasteiger partial charge in [-0.2, -0.15) is 5.10 Å². The smallest absolute Gasteiger partial charge is 0.271 e. The van der Waals surface area contributed by atoms with Crippen LogP contribution in [0.1, 0.15) is 64.7 Å². The number of nitrogens with one attached hydrogen (secondary N) is 5. The van der Waals surface area contributed by atoms with Crippen molar-refractivity contribution < 1.29 is 28.8 Å². The van der Waals surface area contributed by atoms with Gasteiger partial charge in [0.2, 0.25) is 23.6 Å². The molecule has 0 aliphatic carbocycles. The number of aromatic nitrogens is 4. The van der Waals surface area contributed by atoms with Gasteiger partial charge in [0.25, 0.3) is 11.8 Å². The number of hydrogen-bond donors (Lipinski definition) is 5. The fourth-order valence-electron chi connectivity index (χ4n) is 6.03. The van der Waals surface area contributed by atoms with Gasteiger partial charge in [0.05, 0.1) is 30.9 Å². The van der Waals surface area contributed by atoms with Crippen LogP contribution in [0, 0.1) is 5.92 Å². The summed E-state index contributed by atoms with van der Waals surface area (Å²) in [5.41, 5.74) is 1.97. The molecule has 52 heavy (non-hydrogen) atoms. The van der Waals surface area contributed by atoms with Gasteiger partial charge in [0, 0.05) is 62.3 Å². The highest BCUT2D eigenvalue weighted by Crippen LogP contribution is 2.25. The van der Waals surface area contributed by atoms with Crippen LogP contribution < -0.4 is 16.0 Å². The summed E-state index contributed by atoms with van der Waals surface area (Å²) in [6.45, 7) is 4.87. The van der Waals surface area contributed by atoms with E-state index in [0.717, 1.165) is 16.5 Å². The molecule has 4 heterocycles. The van der Waals surface area contributed by atoms with Crippen molar-refractivity contribution in [1.29, 1.82) is 0 Å². The zero-order chi connectivity index (χ0) is 37.5. The third-order valence-corrected chi connectivity index (χ3v) is 9.71. The maximum absolute atomic E-state index is 13.9. The van der Waals surface area contributed by atoms with Crippen LogP contribution >= 0.6 is 11.3 Å². The number of carbonyl (C=O) groups is 6. The molecule has 2 bridgehead atoms. The zero-order valence-corrected chi connectivity index (χ0v) is 30.6. The van der Waals surface area contributed by atoms with Gasteiger partial charge in [-0.3, -0.25) is 33.9 Å². The first-order chi connectivity index (χ1) is 24.8. The molecule has 0 spiro atoms. The van der Waals surface area contributed by atoms with Crippen molar-refractivity contribution in [2.75, 3.05) is 40.3 Å². The van der Waals surface area contributed by atoms with E-state index in [2.05, 4.69) is 36.1 Å². The van der Waals surface area contributed by atoms with E-state index in [0.29, 0.717) is 11.4 Å². The highest BCUT2D eigenvalue weighted by atomic mass is 32.1. The lowest BCUT2D eigenvalue weighted by atomic mass is 10.0. The Morgan fingerprint density at radius 2 is 1.67 bits per heavy atom. The summed E-state index contributed by atoms with van der Waals surface area (Å²) >= 11 is 1.20. The van der Waals surface area contributed by atoms with Gasteiger partial charge in [-0.15, -0.1) is 11.3 Å². The number of carbonyl (C=O) groups excluding carboxylic acids is 6. The topological polar surface area (TPSA) is 206 Å². The SMILES string of the molecule is CC(C)C[C@@H]1NC(=O)CN(C(=O)c2cn[nH]c2)CCN(C)C(=O)[C@H](C)NC(=O)CN(C)C(=O)[C@@H](Cc2c[nH]c3ccccc23)NC(=O)c2csc1n2. The molecule has 5 rings (SSSR count). The molecule has 6 amide bonds. The monoisotopic (exact) mass is 732 g/mol. The summed E-state index contributed by atoms with van der Waals surface area (Å²) in [7, 11) is 2.99. The minimum absolute atomic E-state index is 0.00577. The van der Waals surface area contributed by atoms with E-state index in [1.165, 1.54) is 59.4 Å². The molecule has 0 saturated heterocycles. The molecule has 1 aliphatic rings. The van der Waals surface area contributed by atoms with Gasteiger partial charge in [-0.25, -0.2) is 4.98 Å². The Morgan fingerprint density at radius 3 is 2.40 bits per heavy atom. The highest BCUT2D eigenvalue weighted by molar-refractivity contribution is 7.09. The molecular weight excluding hydrogens is 689 g/mol. The summed E-state index contributed by atoms with van der Waals surface area (Å²) in [5, 5.41) is 17.8. The van der Waals surface area contributed by atoms with Crippen LogP contribution in [0.4, 0.5) is 0 Å². The third kappa shape index (κ3) is 9.20. The van der Waals surface area contributed by atoms with Crippen LogP contribution in [0.25, 0.3) is 10.9 Å². The van der Waals surface area contributed by atoms with E-state index in [1.54, 1.807) is 11.6 Å². The number of nitrogens with zero attached hydrogens (tertiary/aromatic N) is 5. The first-order valence-electron chi connectivity index (χ1n) is 17.0. The Labute approximate surface area is 304 Å². The van der Waals surface area contributed by atoms with Crippen LogP contribution in [-0.4, -0.2) is 123 Å². The number of benzene rings is 1. The summed E-state index contributed by atoms with van der Waals surface area (Å²) in [5.74, 6) is -2.92. The largest absolute Gasteiger partial charge is 0.361 e. The Morgan fingerprint density at radius 1 is 0.923 bits per heavy atom. The van der Waals surface area contributed by atoms with Crippen molar-refractivity contribution in [3.05, 3.63) is 70.1 Å². The maximum Gasteiger partial charge on any atom is 0.271 e. The maximum atomic E-state index is 13.9. The molecule has 1 aliphatic heterocycles. The average molecular weight is 733 g/mol. The second-order valence-electron chi connectivity index (χ2n) is 13.4. The molecule has 0 radical (unpaired) electrons. The third-order valence-electron chi connectivity index (χ3n) is 8.75. The fraction of sp³-hybridized carbons (Fsp3) is 0.429. The van der Waals surface area contributed by atoms with Crippen molar-refractivity contribution in [1.82, 2.24) is 50.8 Å². The lowest BCUT2D eigenvalue weighted by Crippen LogP contribution is -2.53. The Balaban J connectivity index is 1.46. The number of amides is 6. The van der Waals surface area contributed by atoms with Crippen LogP contribution in [0.2, 0.25) is 0 Å². The minimum atomic E-state index is -1.07. The molecule has 276 valence electrons. The van der Waals surface area contributed by atoms with E-state index in [1.807, 2.05) is 38.1 Å². The molecule has 5 N–H and O–H groups in total. The summed E-state index contributed by atoms with van der Waals surface area (Å²) in [6.07, 6.45) is 5.17. The molecule has 17 heteroatoms. The first-order valence-corrected chi connectivity index (χ1v) is 17.9. The van der Waals surface area contributed by atoms with Crippen LogP contribution in [0.15, 0.2) is 48.2 Å². The van der Waals surface area contributed by atoms with Crippen molar-refractivity contribution in [2.45, 2.75) is 51.7 Å². The van der Waals surface area contributed by atoms with Crippen molar-refractivity contribution >= 4 is 57.7 Å². The van der Waals surface area contributed by atoms with Crippen molar-refractivity contribution in [3.63, 3.8) is 0 Å². The summed E-state index contributed by atoms with van der Waals surface area (Å²) < 4.78 is 0. The number of likely N-dealkylation sites (N-methyl/N-ethyl adjacent to an activating group) is 2. The molecule has 3 atom stereocenters. The minimum Gasteiger partial charge on any atom is -0.361 e. The molecule has 0 fully saturated rings. The summed E-state index contributed by atoms with van der Waals surface area (Å²) in [4.78, 5) is 92.6. The fourth-order valence-corrected chi connectivity index (χ4v) is 6.90. The second kappa shape index (κ2) is 16.6. The molecular formula is C35H44N10O6S. The normalized spacial score (nSPS) is 20.5. The lowest BCUT2D eigenvalue weighted by Gasteiger charge is -2.28. The number of aromatic amines is 2. The Bertz CT molecular complexity index is 1920. The zero-order valence-electron chi connectivity index (χ0n) is 29.8. The van der Waals surface area contributed by atoms with E-state index in [-0.39, 0.29) is 49.8 Å². The van der Waals surface area contributed by atoms with Gasteiger partial charge in [-0.05, 0) is 30.9 Å². The van der Waals surface area contributed by atoms with E-state index in [9.17, 15) is 28.8 Å². The predicted octanol–water partition coefficient (Wildman–Crippen LogP) is 1.47. The van der Waals surface area contributed by atoms with Crippen LogP contribution in [0.3, 0.4) is 0 Å². The van der Waals surface area contributed by atoms with Gasteiger partial charge >= 0.3 is 0 Å². The predicted molar refractivity (Wildman–Crippen MR) is 193 cm³/mol. The van der Waals surface area contributed by atoms with Gasteiger partial charge in [-0.1, -0.05) is 32.0 Å². The van der Waals surface area contributed by atoms with Crippen LogP contribution in [0.5, 0.6) is 0 Å². The number of rotatable bonds is 5. The second-order valence-corrected chi connectivity index (χ2v) is 14.3. The quantitative estimate of drug-likeness (QED) is 0.203. The average Bonchev–Trinajstić information content (AvgIpc) is 3.90. The number of H-pyrrole nitrogens is 2. The van der Waals surface area contributed by atoms with E-state index >= 15 is 0 Å². The van der Waals surface area contributed by atoms with E-state index < -0.39 is 53.6 Å². The molecule has 0 unspecified atom stereocenters. The number of thiazole rings is 1. The molecule has 4 aromatic rings. The lowest BCUT2D eigenvalue weighted by molar-refractivity contribution is -0.138. The van der Waals surface area contributed by atoms with Gasteiger partial charge in [0.15, 0.2) is 0 Å². The standard InChI is InChI=1S/C35H44N10O6S/c1-20(2)12-26-32-42-28(19-52-32)31(48)41-27(13-22-14-36-25-9-7-6-8-24(22)25)35(51)44(5)17-29(46)39-21(3)33(49)43(4)10-11-45(18-30(47)40-26)34(50)23-15-37-38-16-23/h6-9,14-16,19-21,26-27,36H,10-13,17-18H2,1-5H3,(H,37,38)(H,39,46)(H,40,47)(H,41,48)/t21-,26-,27+/m0/s1. The number of para-hydroxylation sites is 1. The highest BCUT2D eigenvalue weighted by Gasteiger charge is 2.30.